The Balaban J connectivity index is 1.51. The maximum Gasteiger partial charge on any atom is 0.231 e. The van der Waals surface area contributed by atoms with Crippen LogP contribution in [-0.4, -0.2) is 12.7 Å². The Kier molecular flexibility index (Phi) is 4.13. The Bertz CT molecular complexity index is 1030. The lowest BCUT2D eigenvalue weighted by Crippen LogP contribution is -2.23. The minimum Gasteiger partial charge on any atom is -0.489 e. The van der Waals surface area contributed by atoms with E-state index in [1.807, 2.05) is 66.7 Å². The fraction of sp³-hybridized carbons (Fsp3) is 0.174. The zero-order valence-corrected chi connectivity index (χ0v) is 15.2. The molecular formula is C23H19NO4. The fourth-order valence-corrected chi connectivity index (χ4v) is 3.76. The Morgan fingerprint density at radius 3 is 2.54 bits per heavy atom. The lowest BCUT2D eigenvalue weighted by atomic mass is 9.84. The first-order valence-electron chi connectivity index (χ1n) is 9.27. The molecule has 0 aromatic heterocycles. The number of nitrogens with one attached hydrogen (secondary N) is 1. The number of para-hydroxylation sites is 1. The molecular weight excluding hydrogens is 354 g/mol. The van der Waals surface area contributed by atoms with Crippen molar-refractivity contribution in [3.05, 3.63) is 83.4 Å². The number of benzene rings is 3. The molecule has 1 atom stereocenters. The van der Waals surface area contributed by atoms with Gasteiger partial charge in [-0.1, -0.05) is 48.5 Å². The highest BCUT2D eigenvalue weighted by Crippen LogP contribution is 2.46. The number of fused-ring (bicyclic) bond motifs is 2. The van der Waals surface area contributed by atoms with Gasteiger partial charge in [0.25, 0.3) is 0 Å². The number of hydrogen-bond acceptors (Lipinski definition) is 4. The minimum absolute atomic E-state index is 0.0192. The Morgan fingerprint density at radius 1 is 0.929 bits per heavy atom. The number of carbonyl (C=O) groups is 1. The largest absolute Gasteiger partial charge is 0.489 e. The van der Waals surface area contributed by atoms with Crippen molar-refractivity contribution in [2.45, 2.75) is 18.9 Å². The van der Waals surface area contributed by atoms with Gasteiger partial charge in [-0.3, -0.25) is 4.79 Å². The topological polar surface area (TPSA) is 56.8 Å². The third-order valence-electron chi connectivity index (χ3n) is 5.12. The summed E-state index contributed by atoms with van der Waals surface area (Å²) in [6.45, 7) is 0.679. The minimum atomic E-state index is -0.106. The summed E-state index contributed by atoms with van der Waals surface area (Å²) < 4.78 is 17.1. The van der Waals surface area contributed by atoms with E-state index in [0.717, 1.165) is 28.1 Å². The quantitative estimate of drug-likeness (QED) is 0.733. The standard InChI is InChI=1S/C23H19NO4/c25-23-11-17(18-10-21-22(28-14-27-21)12-19(18)24-23)16-8-4-5-9-20(16)26-13-15-6-2-1-3-7-15/h1-10,12,17H,11,13-14H2,(H,24,25)/t17-/m1/s1. The van der Waals surface area contributed by atoms with Gasteiger partial charge in [0.05, 0.1) is 0 Å². The van der Waals surface area contributed by atoms with Gasteiger partial charge in [0.15, 0.2) is 11.5 Å². The van der Waals surface area contributed by atoms with E-state index in [1.54, 1.807) is 0 Å². The summed E-state index contributed by atoms with van der Waals surface area (Å²) in [7, 11) is 0. The molecule has 0 saturated carbocycles. The molecule has 0 saturated heterocycles. The summed E-state index contributed by atoms with van der Waals surface area (Å²) in [4.78, 5) is 12.4. The van der Waals surface area contributed by atoms with E-state index in [-0.39, 0.29) is 18.6 Å². The Morgan fingerprint density at radius 2 is 1.68 bits per heavy atom. The monoisotopic (exact) mass is 373 g/mol. The highest BCUT2D eigenvalue weighted by atomic mass is 16.7. The molecule has 0 fully saturated rings. The predicted octanol–water partition coefficient (Wildman–Crippen LogP) is 4.47. The second-order valence-electron chi connectivity index (χ2n) is 6.91. The number of carbonyl (C=O) groups excluding carboxylic acids is 1. The first-order valence-corrected chi connectivity index (χ1v) is 9.27. The van der Waals surface area contributed by atoms with Crippen molar-refractivity contribution in [2.75, 3.05) is 12.1 Å². The van der Waals surface area contributed by atoms with Crippen LogP contribution in [0.15, 0.2) is 66.7 Å². The van der Waals surface area contributed by atoms with Gasteiger partial charge in [0.2, 0.25) is 12.7 Å². The number of anilines is 1. The number of rotatable bonds is 4. The van der Waals surface area contributed by atoms with Crippen molar-refractivity contribution in [2.24, 2.45) is 0 Å². The second kappa shape index (κ2) is 6.93. The molecule has 0 radical (unpaired) electrons. The van der Waals surface area contributed by atoms with Gasteiger partial charge in [-0.05, 0) is 23.3 Å². The van der Waals surface area contributed by atoms with Crippen LogP contribution in [0.25, 0.3) is 0 Å². The molecule has 2 heterocycles. The summed E-state index contributed by atoms with van der Waals surface area (Å²) in [5.41, 5.74) is 3.87. The van der Waals surface area contributed by atoms with Crippen LogP contribution < -0.4 is 19.5 Å². The van der Waals surface area contributed by atoms with E-state index in [9.17, 15) is 4.79 Å². The molecule has 5 rings (SSSR count). The molecule has 3 aromatic rings. The van der Waals surface area contributed by atoms with E-state index >= 15 is 0 Å². The zero-order valence-electron chi connectivity index (χ0n) is 15.2. The van der Waals surface area contributed by atoms with Crippen LogP contribution in [0.1, 0.15) is 29.0 Å². The third kappa shape index (κ3) is 3.05. The molecule has 0 unspecified atom stereocenters. The van der Waals surface area contributed by atoms with Crippen molar-refractivity contribution < 1.29 is 19.0 Å². The Hall–Kier alpha value is -3.47. The molecule has 28 heavy (non-hydrogen) atoms. The molecule has 3 aromatic carbocycles. The highest BCUT2D eigenvalue weighted by Gasteiger charge is 2.31. The van der Waals surface area contributed by atoms with Crippen molar-refractivity contribution in [1.29, 1.82) is 0 Å². The number of amides is 1. The van der Waals surface area contributed by atoms with E-state index in [0.29, 0.717) is 24.5 Å². The molecule has 2 aliphatic heterocycles. The van der Waals surface area contributed by atoms with Gasteiger partial charge in [-0.15, -0.1) is 0 Å². The lowest BCUT2D eigenvalue weighted by molar-refractivity contribution is -0.116. The van der Waals surface area contributed by atoms with Crippen LogP contribution in [0.2, 0.25) is 0 Å². The summed E-state index contributed by atoms with van der Waals surface area (Å²) >= 11 is 0. The molecule has 0 aliphatic carbocycles. The van der Waals surface area contributed by atoms with Gasteiger partial charge in [-0.2, -0.15) is 0 Å². The summed E-state index contributed by atoms with van der Waals surface area (Å²) in [6.07, 6.45) is 0.359. The number of ether oxygens (including phenoxy) is 3. The Labute approximate surface area is 162 Å². The average molecular weight is 373 g/mol. The molecule has 140 valence electrons. The number of hydrogen-bond donors (Lipinski definition) is 1. The molecule has 0 spiro atoms. The summed E-state index contributed by atoms with van der Waals surface area (Å²) in [5, 5.41) is 2.95. The summed E-state index contributed by atoms with van der Waals surface area (Å²) in [5.74, 6) is 2.03. The fourth-order valence-electron chi connectivity index (χ4n) is 3.76. The third-order valence-corrected chi connectivity index (χ3v) is 5.12. The van der Waals surface area contributed by atoms with Gasteiger partial charge in [-0.25, -0.2) is 0 Å². The van der Waals surface area contributed by atoms with E-state index in [1.165, 1.54) is 0 Å². The average Bonchev–Trinajstić information content (AvgIpc) is 3.18. The SMILES string of the molecule is O=C1C[C@H](c2ccccc2OCc2ccccc2)c2cc3c(cc2N1)OCO3. The predicted molar refractivity (Wildman–Crippen MR) is 105 cm³/mol. The van der Waals surface area contributed by atoms with Crippen LogP contribution >= 0.6 is 0 Å². The van der Waals surface area contributed by atoms with Crippen molar-refractivity contribution in [3.63, 3.8) is 0 Å². The molecule has 2 aliphatic rings. The van der Waals surface area contributed by atoms with E-state index in [2.05, 4.69) is 5.32 Å². The van der Waals surface area contributed by atoms with Crippen molar-refractivity contribution in [3.8, 4) is 17.2 Å². The van der Waals surface area contributed by atoms with E-state index in [4.69, 9.17) is 14.2 Å². The molecule has 5 nitrogen and oxygen atoms in total. The van der Waals surface area contributed by atoms with Gasteiger partial charge in [0.1, 0.15) is 12.4 Å². The normalized spacial score (nSPS) is 17.0. The maximum atomic E-state index is 12.4. The molecule has 0 bridgehead atoms. The molecule has 5 heteroatoms. The van der Waals surface area contributed by atoms with Crippen LogP contribution in [0, 0.1) is 0 Å². The smallest absolute Gasteiger partial charge is 0.231 e. The zero-order chi connectivity index (χ0) is 18.9. The first kappa shape index (κ1) is 16.7. The van der Waals surface area contributed by atoms with Crippen LogP contribution in [-0.2, 0) is 11.4 Å². The van der Waals surface area contributed by atoms with Crippen LogP contribution in [0.3, 0.4) is 0 Å². The summed E-state index contributed by atoms with van der Waals surface area (Å²) in [6, 6.07) is 21.8. The van der Waals surface area contributed by atoms with Crippen molar-refractivity contribution in [1.82, 2.24) is 0 Å². The lowest BCUT2D eigenvalue weighted by Gasteiger charge is -2.27. The van der Waals surface area contributed by atoms with Crippen LogP contribution in [0.4, 0.5) is 5.69 Å². The van der Waals surface area contributed by atoms with E-state index < -0.39 is 0 Å². The van der Waals surface area contributed by atoms with Crippen molar-refractivity contribution >= 4 is 11.6 Å². The van der Waals surface area contributed by atoms with Gasteiger partial charge >= 0.3 is 0 Å². The van der Waals surface area contributed by atoms with Crippen LogP contribution in [0.5, 0.6) is 17.2 Å². The highest BCUT2D eigenvalue weighted by molar-refractivity contribution is 5.96. The van der Waals surface area contributed by atoms with Gasteiger partial charge < -0.3 is 19.5 Å². The van der Waals surface area contributed by atoms with Gasteiger partial charge in [0, 0.05) is 29.7 Å². The second-order valence-corrected chi connectivity index (χ2v) is 6.91. The molecule has 1 amide bonds. The maximum absolute atomic E-state index is 12.4. The molecule has 1 N–H and O–H groups in total. The first-order chi connectivity index (χ1) is 13.8.